The maximum absolute atomic E-state index is 11.5. The van der Waals surface area contributed by atoms with Crippen LogP contribution in [0.25, 0.3) is 0 Å². The third-order valence-electron chi connectivity index (χ3n) is 2.86. The van der Waals surface area contributed by atoms with E-state index in [2.05, 4.69) is 16.4 Å². The number of ether oxygens (including phenoxy) is 1. The molecule has 1 aliphatic rings. The van der Waals surface area contributed by atoms with Gasteiger partial charge in [0.2, 0.25) is 5.96 Å². The molecule has 5 nitrogen and oxygen atoms in total. The van der Waals surface area contributed by atoms with Gasteiger partial charge in [-0.05, 0) is 25.5 Å². The Morgan fingerprint density at radius 2 is 2.22 bits per heavy atom. The molecule has 0 fully saturated rings. The van der Waals surface area contributed by atoms with Gasteiger partial charge in [0.05, 0.1) is 20.2 Å². The number of aryl methyl sites for hydroxylation is 2. The first-order valence-electron chi connectivity index (χ1n) is 5.86. The molecule has 2 rings (SSSR count). The SMILES string of the molecule is COC(=O)N1CCN=C1Nc1ccc(C)cc1C. The first-order valence-corrected chi connectivity index (χ1v) is 5.86. The van der Waals surface area contributed by atoms with Crippen LogP contribution in [0.4, 0.5) is 10.5 Å². The fourth-order valence-corrected chi connectivity index (χ4v) is 1.92. The van der Waals surface area contributed by atoms with Crippen LogP contribution in [0, 0.1) is 13.8 Å². The van der Waals surface area contributed by atoms with Crippen LogP contribution in [0.3, 0.4) is 0 Å². The highest BCUT2D eigenvalue weighted by molar-refractivity contribution is 6.03. The predicted octanol–water partition coefficient (Wildman–Crippen LogP) is 2.15. The number of benzene rings is 1. The molecule has 0 bridgehead atoms. The first kappa shape index (κ1) is 12.4. The highest BCUT2D eigenvalue weighted by Crippen LogP contribution is 2.17. The molecule has 5 heteroatoms. The Labute approximate surface area is 106 Å². The lowest BCUT2D eigenvalue weighted by molar-refractivity contribution is 0.148. The van der Waals surface area contributed by atoms with E-state index >= 15 is 0 Å². The quantitative estimate of drug-likeness (QED) is 0.827. The number of hydrogen-bond acceptors (Lipinski definition) is 4. The number of methoxy groups -OCH3 is 1. The van der Waals surface area contributed by atoms with Gasteiger partial charge in [-0.25, -0.2) is 9.69 Å². The molecular weight excluding hydrogens is 230 g/mol. The molecule has 1 aromatic rings. The minimum atomic E-state index is -0.386. The average molecular weight is 247 g/mol. The van der Waals surface area contributed by atoms with E-state index in [1.807, 2.05) is 26.0 Å². The zero-order valence-corrected chi connectivity index (χ0v) is 10.9. The summed E-state index contributed by atoms with van der Waals surface area (Å²) in [6.45, 7) is 5.22. The van der Waals surface area contributed by atoms with Gasteiger partial charge in [0, 0.05) is 5.69 Å². The van der Waals surface area contributed by atoms with Crippen LogP contribution in [0.15, 0.2) is 23.2 Å². The molecule has 1 aromatic carbocycles. The standard InChI is InChI=1S/C13H17N3O2/c1-9-4-5-11(10(2)8-9)15-12-14-6-7-16(12)13(17)18-3/h4-5,8H,6-7H2,1-3H3,(H,14,15). The fraction of sp³-hybridized carbons (Fsp3) is 0.385. The molecule has 0 aliphatic carbocycles. The lowest BCUT2D eigenvalue weighted by Crippen LogP contribution is -2.38. The van der Waals surface area contributed by atoms with Crippen molar-refractivity contribution in [2.75, 3.05) is 25.5 Å². The zero-order chi connectivity index (χ0) is 13.1. The van der Waals surface area contributed by atoms with Crippen LogP contribution >= 0.6 is 0 Å². The summed E-state index contributed by atoms with van der Waals surface area (Å²) in [6, 6.07) is 6.09. The number of carbonyl (C=O) groups excluding carboxylic acids is 1. The summed E-state index contributed by atoms with van der Waals surface area (Å²) < 4.78 is 4.72. The van der Waals surface area contributed by atoms with Crippen molar-refractivity contribution >= 4 is 17.7 Å². The number of anilines is 1. The van der Waals surface area contributed by atoms with Crippen LogP contribution in [0.5, 0.6) is 0 Å². The lowest BCUT2D eigenvalue weighted by atomic mass is 10.1. The molecule has 1 aliphatic heterocycles. The van der Waals surface area contributed by atoms with E-state index in [4.69, 9.17) is 4.74 Å². The van der Waals surface area contributed by atoms with Gasteiger partial charge in [-0.15, -0.1) is 0 Å². The van der Waals surface area contributed by atoms with Crippen LogP contribution in [-0.4, -0.2) is 37.2 Å². The van der Waals surface area contributed by atoms with E-state index in [-0.39, 0.29) is 6.09 Å². The number of guanidine groups is 1. The van der Waals surface area contributed by atoms with Crippen molar-refractivity contribution in [1.29, 1.82) is 0 Å². The summed E-state index contributed by atoms with van der Waals surface area (Å²) in [5.74, 6) is 0.550. The molecule has 18 heavy (non-hydrogen) atoms. The first-order chi connectivity index (χ1) is 8.61. The van der Waals surface area contributed by atoms with Gasteiger partial charge in [-0.1, -0.05) is 17.7 Å². The second kappa shape index (κ2) is 5.08. The van der Waals surface area contributed by atoms with Crippen molar-refractivity contribution in [3.05, 3.63) is 29.3 Å². The van der Waals surface area contributed by atoms with E-state index < -0.39 is 0 Å². The Morgan fingerprint density at radius 1 is 1.44 bits per heavy atom. The average Bonchev–Trinajstić information content (AvgIpc) is 2.80. The summed E-state index contributed by atoms with van der Waals surface area (Å²) in [6.07, 6.45) is -0.386. The summed E-state index contributed by atoms with van der Waals surface area (Å²) in [7, 11) is 1.37. The topological polar surface area (TPSA) is 53.9 Å². The van der Waals surface area contributed by atoms with Crippen molar-refractivity contribution in [2.45, 2.75) is 13.8 Å². The summed E-state index contributed by atoms with van der Waals surface area (Å²) in [5, 5.41) is 3.18. The molecule has 0 radical (unpaired) electrons. The highest BCUT2D eigenvalue weighted by Gasteiger charge is 2.24. The number of amides is 1. The van der Waals surface area contributed by atoms with Gasteiger partial charge in [0.1, 0.15) is 0 Å². The van der Waals surface area contributed by atoms with E-state index in [1.165, 1.54) is 17.6 Å². The summed E-state index contributed by atoms with van der Waals surface area (Å²) in [5.41, 5.74) is 3.28. The number of rotatable bonds is 1. The number of aliphatic imine (C=N–C) groups is 1. The fourth-order valence-electron chi connectivity index (χ4n) is 1.92. The molecular formula is C13H17N3O2. The monoisotopic (exact) mass is 247 g/mol. The number of carbonyl (C=O) groups is 1. The van der Waals surface area contributed by atoms with E-state index in [0.717, 1.165) is 11.3 Å². The van der Waals surface area contributed by atoms with E-state index in [1.54, 1.807) is 0 Å². The normalized spacial score (nSPS) is 14.4. The van der Waals surface area contributed by atoms with Gasteiger partial charge >= 0.3 is 6.09 Å². The largest absolute Gasteiger partial charge is 0.452 e. The lowest BCUT2D eigenvalue weighted by Gasteiger charge is -2.18. The van der Waals surface area contributed by atoms with Gasteiger partial charge in [0.25, 0.3) is 0 Å². The number of hydrogen-bond donors (Lipinski definition) is 1. The molecule has 0 unspecified atom stereocenters. The van der Waals surface area contributed by atoms with Crippen LogP contribution in [0.2, 0.25) is 0 Å². The molecule has 1 heterocycles. The number of nitrogens with one attached hydrogen (secondary N) is 1. The molecule has 0 saturated heterocycles. The summed E-state index contributed by atoms with van der Waals surface area (Å²) >= 11 is 0. The Hall–Kier alpha value is -2.04. The van der Waals surface area contributed by atoms with Gasteiger partial charge in [-0.3, -0.25) is 4.99 Å². The molecule has 96 valence electrons. The third kappa shape index (κ3) is 2.45. The van der Waals surface area contributed by atoms with Gasteiger partial charge in [0.15, 0.2) is 0 Å². The Kier molecular flexibility index (Phi) is 3.50. The van der Waals surface area contributed by atoms with Crippen molar-refractivity contribution < 1.29 is 9.53 Å². The van der Waals surface area contributed by atoms with Crippen molar-refractivity contribution in [3.63, 3.8) is 0 Å². The predicted molar refractivity (Wildman–Crippen MR) is 71.0 cm³/mol. The molecule has 0 atom stereocenters. The van der Waals surface area contributed by atoms with Crippen LogP contribution in [0.1, 0.15) is 11.1 Å². The van der Waals surface area contributed by atoms with E-state index in [0.29, 0.717) is 19.0 Å². The Balaban J connectivity index is 2.16. The highest BCUT2D eigenvalue weighted by atomic mass is 16.5. The molecule has 1 amide bonds. The van der Waals surface area contributed by atoms with Gasteiger partial charge < -0.3 is 10.1 Å². The molecule has 0 saturated carbocycles. The molecule has 0 spiro atoms. The Morgan fingerprint density at radius 3 is 2.89 bits per heavy atom. The van der Waals surface area contributed by atoms with Gasteiger partial charge in [-0.2, -0.15) is 0 Å². The smallest absolute Gasteiger partial charge is 0.416 e. The minimum Gasteiger partial charge on any atom is -0.452 e. The van der Waals surface area contributed by atoms with Crippen LogP contribution < -0.4 is 5.32 Å². The van der Waals surface area contributed by atoms with E-state index in [9.17, 15) is 4.79 Å². The van der Waals surface area contributed by atoms with Crippen LogP contribution in [-0.2, 0) is 4.74 Å². The van der Waals surface area contributed by atoms with Crippen molar-refractivity contribution in [3.8, 4) is 0 Å². The maximum Gasteiger partial charge on any atom is 0.416 e. The van der Waals surface area contributed by atoms with Crippen molar-refractivity contribution in [2.24, 2.45) is 4.99 Å². The maximum atomic E-state index is 11.5. The Bertz CT molecular complexity index is 497. The molecule has 0 aromatic heterocycles. The number of nitrogens with zero attached hydrogens (tertiary/aromatic N) is 2. The van der Waals surface area contributed by atoms with Crippen molar-refractivity contribution in [1.82, 2.24) is 4.90 Å². The summed E-state index contributed by atoms with van der Waals surface area (Å²) in [4.78, 5) is 17.3. The minimum absolute atomic E-state index is 0.386. The third-order valence-corrected chi connectivity index (χ3v) is 2.86. The zero-order valence-electron chi connectivity index (χ0n) is 10.9. The molecule has 1 N–H and O–H groups in total. The second-order valence-corrected chi connectivity index (χ2v) is 4.27. The second-order valence-electron chi connectivity index (χ2n) is 4.27.